The molecule has 0 rings (SSSR count). The van der Waals surface area contributed by atoms with Crippen LogP contribution >= 0.6 is 0 Å². The van der Waals surface area contributed by atoms with Gasteiger partial charge in [-0.2, -0.15) is 0 Å². The minimum absolute atomic E-state index is 0.0928. The summed E-state index contributed by atoms with van der Waals surface area (Å²) in [7, 11) is 0. The Kier molecular flexibility index (Phi) is 53.9. The van der Waals surface area contributed by atoms with Gasteiger partial charge in [-0.3, -0.25) is 14.4 Å². The van der Waals surface area contributed by atoms with Gasteiger partial charge in [0.1, 0.15) is 13.2 Å². The van der Waals surface area contributed by atoms with Crippen molar-refractivity contribution < 1.29 is 28.6 Å². The number of hydrogen-bond donors (Lipinski definition) is 0. The molecule has 0 amide bonds. The molecule has 0 fully saturated rings. The van der Waals surface area contributed by atoms with E-state index in [4.69, 9.17) is 14.2 Å². The van der Waals surface area contributed by atoms with Crippen LogP contribution in [0, 0.1) is 0 Å². The fourth-order valence-electron chi connectivity index (χ4n) is 7.77. The quantitative estimate of drug-likeness (QED) is 0.0262. The number of carbonyl (C=O) groups is 3. The SMILES string of the molecule is CC/C=C\C/C=C\C/C=C\C/C=C\C/C=C\CCCCCC(=O)OC(COC(=O)CCCCCCCCCCC)COC(=O)CCCCCCCCCC/C=C\C/C=C\C/C=C\CCCCCCC. The zero-order valence-electron chi connectivity index (χ0n) is 45.0. The van der Waals surface area contributed by atoms with Crippen molar-refractivity contribution in [3.63, 3.8) is 0 Å². The highest BCUT2D eigenvalue weighted by Crippen LogP contribution is 2.14. The third-order valence-corrected chi connectivity index (χ3v) is 12.1. The van der Waals surface area contributed by atoms with Crippen molar-refractivity contribution >= 4 is 17.9 Å². The van der Waals surface area contributed by atoms with Crippen molar-refractivity contribution in [1.29, 1.82) is 0 Å². The minimum Gasteiger partial charge on any atom is -0.462 e. The van der Waals surface area contributed by atoms with Crippen molar-refractivity contribution in [2.75, 3.05) is 13.2 Å². The Bertz CT molecular complexity index is 1380. The molecule has 0 saturated carbocycles. The molecular formula is C63H106O6. The first kappa shape index (κ1) is 65.3. The number of hydrogen-bond acceptors (Lipinski definition) is 6. The van der Waals surface area contributed by atoms with Gasteiger partial charge < -0.3 is 14.2 Å². The molecule has 69 heavy (non-hydrogen) atoms. The lowest BCUT2D eigenvalue weighted by molar-refractivity contribution is -0.167. The number of ether oxygens (including phenoxy) is 3. The zero-order valence-corrected chi connectivity index (χ0v) is 45.0. The van der Waals surface area contributed by atoms with Crippen LogP contribution in [0.1, 0.15) is 265 Å². The van der Waals surface area contributed by atoms with Gasteiger partial charge in [0.25, 0.3) is 0 Å². The van der Waals surface area contributed by atoms with Gasteiger partial charge in [0.05, 0.1) is 0 Å². The Balaban J connectivity index is 4.35. The first-order valence-corrected chi connectivity index (χ1v) is 28.7. The Morgan fingerprint density at radius 3 is 0.899 bits per heavy atom. The van der Waals surface area contributed by atoms with Crippen LogP contribution in [0.5, 0.6) is 0 Å². The molecule has 6 nitrogen and oxygen atoms in total. The lowest BCUT2D eigenvalue weighted by Crippen LogP contribution is -2.30. The number of unbranched alkanes of at least 4 members (excludes halogenated alkanes) is 24. The molecule has 394 valence electrons. The van der Waals surface area contributed by atoms with Gasteiger partial charge in [-0.15, -0.1) is 0 Å². The van der Waals surface area contributed by atoms with Gasteiger partial charge >= 0.3 is 17.9 Å². The van der Waals surface area contributed by atoms with Crippen LogP contribution < -0.4 is 0 Å². The largest absolute Gasteiger partial charge is 0.462 e. The minimum atomic E-state index is -0.797. The van der Waals surface area contributed by atoms with E-state index in [2.05, 4.69) is 118 Å². The summed E-state index contributed by atoms with van der Waals surface area (Å²) in [5.74, 6) is -0.934. The van der Waals surface area contributed by atoms with E-state index >= 15 is 0 Å². The van der Waals surface area contributed by atoms with Crippen LogP contribution in [-0.4, -0.2) is 37.2 Å². The molecule has 0 N–H and O–H groups in total. The molecule has 0 aliphatic carbocycles. The summed E-state index contributed by atoms with van der Waals surface area (Å²) in [5, 5.41) is 0. The van der Waals surface area contributed by atoms with E-state index in [1.54, 1.807) is 0 Å². The number of carbonyl (C=O) groups excluding carboxylic acids is 3. The fourth-order valence-corrected chi connectivity index (χ4v) is 7.77. The normalized spacial score (nSPS) is 12.8. The molecule has 0 aromatic rings. The predicted molar refractivity (Wildman–Crippen MR) is 297 cm³/mol. The van der Waals surface area contributed by atoms with Crippen LogP contribution in [0.15, 0.2) is 97.2 Å². The summed E-state index contributed by atoms with van der Waals surface area (Å²) in [4.78, 5) is 38.0. The van der Waals surface area contributed by atoms with E-state index in [0.29, 0.717) is 12.8 Å². The molecule has 1 atom stereocenters. The summed E-state index contributed by atoms with van der Waals surface area (Å²) < 4.78 is 16.8. The molecular weight excluding hydrogens is 853 g/mol. The van der Waals surface area contributed by atoms with Crippen LogP contribution in [0.25, 0.3) is 0 Å². The van der Waals surface area contributed by atoms with Crippen molar-refractivity contribution in [3.05, 3.63) is 97.2 Å². The maximum atomic E-state index is 12.8. The molecule has 0 aromatic carbocycles. The summed E-state index contributed by atoms with van der Waals surface area (Å²) in [6, 6.07) is 0. The first-order chi connectivity index (χ1) is 34.0. The average Bonchev–Trinajstić information content (AvgIpc) is 3.35. The monoisotopic (exact) mass is 959 g/mol. The Morgan fingerprint density at radius 2 is 0.565 bits per heavy atom. The highest BCUT2D eigenvalue weighted by atomic mass is 16.6. The predicted octanol–water partition coefficient (Wildman–Crippen LogP) is 19.3. The second-order valence-electron chi connectivity index (χ2n) is 18.8. The van der Waals surface area contributed by atoms with Gasteiger partial charge in [0, 0.05) is 19.3 Å². The van der Waals surface area contributed by atoms with E-state index in [0.717, 1.165) is 116 Å². The average molecular weight is 960 g/mol. The van der Waals surface area contributed by atoms with E-state index in [1.807, 2.05) is 0 Å². The molecule has 0 aliphatic rings. The molecule has 1 unspecified atom stereocenters. The number of allylic oxidation sites excluding steroid dienone is 16. The van der Waals surface area contributed by atoms with E-state index in [-0.39, 0.29) is 37.5 Å². The van der Waals surface area contributed by atoms with Crippen LogP contribution in [0.3, 0.4) is 0 Å². The molecule has 0 bridgehead atoms. The third kappa shape index (κ3) is 55.1. The summed E-state index contributed by atoms with van der Waals surface area (Å²) in [6.07, 6.45) is 75.5. The topological polar surface area (TPSA) is 78.9 Å². The lowest BCUT2D eigenvalue weighted by atomic mass is 10.1. The molecule has 0 radical (unpaired) electrons. The van der Waals surface area contributed by atoms with Gasteiger partial charge in [0.15, 0.2) is 6.10 Å². The van der Waals surface area contributed by atoms with Crippen molar-refractivity contribution in [2.45, 2.75) is 271 Å². The molecule has 6 heteroatoms. The van der Waals surface area contributed by atoms with E-state index < -0.39 is 6.10 Å². The second kappa shape index (κ2) is 56.9. The highest BCUT2D eigenvalue weighted by Gasteiger charge is 2.19. The van der Waals surface area contributed by atoms with E-state index in [1.165, 1.54) is 109 Å². The smallest absolute Gasteiger partial charge is 0.306 e. The zero-order chi connectivity index (χ0) is 50.0. The summed E-state index contributed by atoms with van der Waals surface area (Å²) in [6.45, 7) is 6.46. The first-order valence-electron chi connectivity index (χ1n) is 28.7. The van der Waals surface area contributed by atoms with Gasteiger partial charge in [0.2, 0.25) is 0 Å². The van der Waals surface area contributed by atoms with Crippen LogP contribution in [-0.2, 0) is 28.6 Å². The van der Waals surface area contributed by atoms with Crippen molar-refractivity contribution in [3.8, 4) is 0 Å². The fraction of sp³-hybridized carbons (Fsp3) is 0.698. The van der Waals surface area contributed by atoms with Gasteiger partial charge in [-0.25, -0.2) is 0 Å². The summed E-state index contributed by atoms with van der Waals surface area (Å²) in [5.41, 5.74) is 0. The maximum absolute atomic E-state index is 12.8. The number of esters is 3. The highest BCUT2D eigenvalue weighted by molar-refractivity contribution is 5.71. The standard InChI is InChI=1S/C63H106O6/c1-4-7-10-13-16-19-21-23-25-27-29-30-31-32-34-35-37-39-41-44-47-50-53-56-62(65)68-59-60(58-67-61(64)55-52-49-46-43-18-15-12-9-6-3)69-63(66)57-54-51-48-45-42-40-38-36-33-28-26-24-22-20-17-14-11-8-5-2/h8,11,17,20-21,23-24,26-27,29,31-33,36,40,42,60H,4-7,9-10,12-16,18-19,22,25,28,30,34-35,37-39,41,43-59H2,1-3H3/b11-8-,20-17-,23-21-,26-24-,29-27-,32-31-,36-33-,42-40-. The van der Waals surface area contributed by atoms with Crippen LogP contribution in [0.4, 0.5) is 0 Å². The molecule has 0 aliphatic heterocycles. The molecule has 0 aromatic heterocycles. The van der Waals surface area contributed by atoms with Gasteiger partial charge in [-0.1, -0.05) is 240 Å². The Hall–Kier alpha value is -3.67. The second-order valence-corrected chi connectivity index (χ2v) is 18.8. The van der Waals surface area contributed by atoms with E-state index in [9.17, 15) is 14.4 Å². The molecule has 0 saturated heterocycles. The molecule has 0 heterocycles. The van der Waals surface area contributed by atoms with Gasteiger partial charge in [-0.05, 0) is 103 Å². The van der Waals surface area contributed by atoms with Crippen molar-refractivity contribution in [2.24, 2.45) is 0 Å². The number of rotatable bonds is 51. The third-order valence-electron chi connectivity index (χ3n) is 12.1. The van der Waals surface area contributed by atoms with Crippen LogP contribution in [0.2, 0.25) is 0 Å². The maximum Gasteiger partial charge on any atom is 0.306 e. The van der Waals surface area contributed by atoms with Crippen molar-refractivity contribution in [1.82, 2.24) is 0 Å². The lowest BCUT2D eigenvalue weighted by Gasteiger charge is -2.18. The molecule has 0 spiro atoms. The summed E-state index contributed by atoms with van der Waals surface area (Å²) >= 11 is 0. The Morgan fingerprint density at radius 1 is 0.304 bits per heavy atom. The Labute approximate surface area is 426 Å².